The predicted octanol–water partition coefficient (Wildman–Crippen LogP) is 1.62. The molecule has 1 aromatic rings. The van der Waals surface area contributed by atoms with Gasteiger partial charge in [-0.25, -0.2) is 4.98 Å². The molecule has 1 heterocycles. The molecule has 19 heavy (non-hydrogen) atoms. The Balaban J connectivity index is 1.82. The molecule has 0 saturated carbocycles. The number of hydrogen-bond acceptors (Lipinski definition) is 4. The van der Waals surface area contributed by atoms with Gasteiger partial charge in [0.25, 0.3) is 0 Å². The third-order valence-corrected chi connectivity index (χ3v) is 4.09. The highest BCUT2D eigenvalue weighted by molar-refractivity contribution is 8.00. The number of amides is 1. The molecule has 1 unspecified atom stereocenters. The van der Waals surface area contributed by atoms with E-state index in [-0.39, 0.29) is 29.7 Å². The van der Waals surface area contributed by atoms with Crippen LogP contribution in [0.4, 0.5) is 0 Å². The van der Waals surface area contributed by atoms with Crippen molar-refractivity contribution in [2.75, 3.05) is 6.61 Å². The molecule has 0 aromatic carbocycles. The van der Waals surface area contributed by atoms with E-state index in [2.05, 4.69) is 10.3 Å². The van der Waals surface area contributed by atoms with Gasteiger partial charge in [0.2, 0.25) is 5.91 Å². The Morgan fingerprint density at radius 1 is 1.58 bits per heavy atom. The Morgan fingerprint density at radius 2 is 2.42 bits per heavy atom. The molecular formula is C14H18N2O2S. The zero-order chi connectivity index (χ0) is 13.7. The molecule has 5 heteroatoms. The van der Waals surface area contributed by atoms with Gasteiger partial charge in [0.05, 0.1) is 10.3 Å². The number of nitrogens with zero attached hydrogens (tertiary/aromatic N) is 1. The zero-order valence-electron chi connectivity index (χ0n) is 10.8. The van der Waals surface area contributed by atoms with Gasteiger partial charge in [-0.3, -0.25) is 4.79 Å². The number of aliphatic hydroxyl groups excluding tert-OH is 1. The maximum atomic E-state index is 12.0. The number of nitrogens with one attached hydrogen (secondary N) is 1. The van der Waals surface area contributed by atoms with E-state index in [0.717, 1.165) is 11.4 Å². The Kier molecular flexibility index (Phi) is 4.99. The molecule has 2 N–H and O–H groups in total. The normalized spacial score (nSPS) is 23.3. The van der Waals surface area contributed by atoms with Gasteiger partial charge >= 0.3 is 0 Å². The number of carbonyl (C=O) groups is 1. The summed E-state index contributed by atoms with van der Waals surface area (Å²) < 4.78 is 0. The molecule has 0 fully saturated rings. The largest absolute Gasteiger partial charge is 0.396 e. The molecule has 1 aromatic heterocycles. The molecule has 1 amide bonds. The maximum Gasteiger partial charge on any atom is 0.233 e. The first-order valence-corrected chi connectivity index (χ1v) is 7.24. The van der Waals surface area contributed by atoms with E-state index in [1.165, 1.54) is 11.8 Å². The predicted molar refractivity (Wildman–Crippen MR) is 75.8 cm³/mol. The molecule has 3 atom stereocenters. The first-order valence-electron chi connectivity index (χ1n) is 6.36. The van der Waals surface area contributed by atoms with E-state index in [9.17, 15) is 4.79 Å². The molecule has 0 aliphatic heterocycles. The number of aromatic nitrogens is 1. The Labute approximate surface area is 117 Å². The zero-order valence-corrected chi connectivity index (χ0v) is 11.6. The Hall–Kier alpha value is -1.33. The van der Waals surface area contributed by atoms with Crippen LogP contribution >= 0.6 is 11.8 Å². The van der Waals surface area contributed by atoms with Crippen molar-refractivity contribution >= 4 is 17.7 Å². The monoisotopic (exact) mass is 278 g/mol. The van der Waals surface area contributed by atoms with Crippen LogP contribution in [0.2, 0.25) is 0 Å². The number of pyridine rings is 1. The molecule has 102 valence electrons. The minimum Gasteiger partial charge on any atom is -0.396 e. The van der Waals surface area contributed by atoms with Crippen molar-refractivity contribution in [2.45, 2.75) is 29.7 Å². The van der Waals surface area contributed by atoms with Gasteiger partial charge in [-0.05, 0) is 25.5 Å². The average molecular weight is 278 g/mol. The lowest BCUT2D eigenvalue weighted by molar-refractivity contribution is -0.120. The number of aliphatic hydroxyl groups is 1. The second kappa shape index (κ2) is 6.73. The summed E-state index contributed by atoms with van der Waals surface area (Å²) in [7, 11) is 0. The number of hydrogen-bond donors (Lipinski definition) is 2. The fourth-order valence-electron chi connectivity index (χ4n) is 1.97. The van der Waals surface area contributed by atoms with Crippen molar-refractivity contribution in [1.29, 1.82) is 0 Å². The lowest BCUT2D eigenvalue weighted by atomic mass is 10.1. The highest BCUT2D eigenvalue weighted by atomic mass is 32.2. The summed E-state index contributed by atoms with van der Waals surface area (Å²) in [6.07, 6.45) is 6.42. The van der Waals surface area contributed by atoms with Crippen LogP contribution in [0.3, 0.4) is 0 Å². The summed E-state index contributed by atoms with van der Waals surface area (Å²) >= 11 is 1.44. The van der Waals surface area contributed by atoms with Crippen molar-refractivity contribution in [3.05, 3.63) is 36.5 Å². The second-order valence-electron chi connectivity index (χ2n) is 4.61. The lowest BCUT2D eigenvalue weighted by Crippen LogP contribution is -2.37. The van der Waals surface area contributed by atoms with Gasteiger partial charge in [0.1, 0.15) is 0 Å². The van der Waals surface area contributed by atoms with Crippen molar-refractivity contribution in [1.82, 2.24) is 10.3 Å². The van der Waals surface area contributed by atoms with Crippen LogP contribution in [0.15, 0.2) is 41.6 Å². The van der Waals surface area contributed by atoms with E-state index < -0.39 is 0 Å². The molecule has 2 rings (SSSR count). The van der Waals surface area contributed by atoms with Crippen molar-refractivity contribution in [2.24, 2.45) is 5.92 Å². The van der Waals surface area contributed by atoms with Gasteiger partial charge in [-0.2, -0.15) is 0 Å². The molecule has 0 saturated heterocycles. The molecule has 1 aliphatic rings. The van der Waals surface area contributed by atoms with Crippen LogP contribution < -0.4 is 5.32 Å². The lowest BCUT2D eigenvalue weighted by Gasteiger charge is -2.16. The average Bonchev–Trinajstić information content (AvgIpc) is 2.87. The third kappa shape index (κ3) is 4.08. The third-order valence-electron chi connectivity index (χ3n) is 3.04. The van der Waals surface area contributed by atoms with Crippen LogP contribution in [0.1, 0.15) is 13.3 Å². The van der Waals surface area contributed by atoms with Gasteiger partial charge < -0.3 is 10.4 Å². The highest BCUT2D eigenvalue weighted by Crippen LogP contribution is 2.22. The quantitative estimate of drug-likeness (QED) is 0.634. The molecule has 0 spiro atoms. The van der Waals surface area contributed by atoms with Crippen molar-refractivity contribution < 1.29 is 9.90 Å². The van der Waals surface area contributed by atoms with Crippen LogP contribution in [0.5, 0.6) is 0 Å². The highest BCUT2D eigenvalue weighted by Gasteiger charge is 2.22. The first kappa shape index (κ1) is 14.1. The van der Waals surface area contributed by atoms with Crippen LogP contribution in [0.25, 0.3) is 0 Å². The maximum absolute atomic E-state index is 12.0. The molecule has 4 nitrogen and oxygen atoms in total. The summed E-state index contributed by atoms with van der Waals surface area (Å²) in [4.78, 5) is 16.2. The molecule has 0 bridgehead atoms. The molecule has 1 aliphatic carbocycles. The van der Waals surface area contributed by atoms with E-state index in [1.54, 1.807) is 6.20 Å². The molecular weight excluding hydrogens is 260 g/mol. The van der Waals surface area contributed by atoms with Crippen molar-refractivity contribution in [3.63, 3.8) is 0 Å². The van der Waals surface area contributed by atoms with E-state index in [1.807, 2.05) is 37.3 Å². The SMILES string of the molecule is CC(Sc1ccccn1)C(=O)N[C@@H]1C=C[C@H](CO)C1. The van der Waals surface area contributed by atoms with E-state index in [4.69, 9.17) is 5.11 Å². The van der Waals surface area contributed by atoms with E-state index >= 15 is 0 Å². The Bertz CT molecular complexity index is 450. The summed E-state index contributed by atoms with van der Waals surface area (Å²) in [5.41, 5.74) is 0. The summed E-state index contributed by atoms with van der Waals surface area (Å²) in [5.74, 6) is 0.174. The minimum absolute atomic E-state index is 0.00360. The number of carbonyl (C=O) groups excluding carboxylic acids is 1. The summed E-state index contributed by atoms with van der Waals surface area (Å²) in [5, 5.41) is 12.7. The van der Waals surface area contributed by atoms with E-state index in [0.29, 0.717) is 0 Å². The fraction of sp³-hybridized carbons (Fsp3) is 0.429. The summed E-state index contributed by atoms with van der Waals surface area (Å²) in [6, 6.07) is 5.70. The number of rotatable bonds is 5. The minimum atomic E-state index is -0.184. The topological polar surface area (TPSA) is 62.2 Å². The van der Waals surface area contributed by atoms with Gasteiger partial charge in [-0.15, -0.1) is 0 Å². The fourth-order valence-corrected chi connectivity index (χ4v) is 2.78. The van der Waals surface area contributed by atoms with Crippen molar-refractivity contribution in [3.8, 4) is 0 Å². The number of thioether (sulfide) groups is 1. The standard InChI is InChI=1S/C14H18N2O2S/c1-10(19-13-4-2-3-7-15-13)14(18)16-12-6-5-11(8-12)9-17/h2-7,10-12,17H,8-9H2,1H3,(H,16,18)/t10?,11-,12+/m0/s1. The van der Waals surface area contributed by atoms with Gasteiger partial charge in [-0.1, -0.05) is 30.0 Å². The van der Waals surface area contributed by atoms with Crippen LogP contribution in [-0.4, -0.2) is 33.9 Å². The van der Waals surface area contributed by atoms with Gasteiger partial charge in [0.15, 0.2) is 0 Å². The van der Waals surface area contributed by atoms with Gasteiger partial charge in [0, 0.05) is 24.8 Å². The van der Waals surface area contributed by atoms with Crippen LogP contribution in [0, 0.1) is 5.92 Å². The first-order chi connectivity index (χ1) is 9.19. The smallest absolute Gasteiger partial charge is 0.233 e. The Morgan fingerprint density at radius 3 is 3.05 bits per heavy atom. The second-order valence-corrected chi connectivity index (χ2v) is 5.97. The molecule has 0 radical (unpaired) electrons. The van der Waals surface area contributed by atoms with Crippen LogP contribution in [-0.2, 0) is 4.79 Å². The summed E-state index contributed by atoms with van der Waals surface area (Å²) in [6.45, 7) is 2.01.